The zero-order chi connectivity index (χ0) is 27.9. The van der Waals surface area contributed by atoms with Crippen LogP contribution in [0.3, 0.4) is 0 Å². The quantitative estimate of drug-likeness (QED) is 0.241. The van der Waals surface area contributed by atoms with Gasteiger partial charge in [0.25, 0.3) is 0 Å². The molecule has 40 heavy (non-hydrogen) atoms. The second kappa shape index (κ2) is 12.7. The summed E-state index contributed by atoms with van der Waals surface area (Å²) in [4.78, 5) is 4.36. The Bertz CT molecular complexity index is 1470. The molecule has 0 aliphatic carbocycles. The molecule has 0 saturated carbocycles. The fraction of sp³-hybridized carbons (Fsp3) is 0.265. The van der Waals surface area contributed by atoms with Crippen molar-refractivity contribution in [1.29, 1.82) is 0 Å². The number of hydrogen-bond acceptors (Lipinski definition) is 6. The van der Waals surface area contributed by atoms with Gasteiger partial charge in [-0.15, -0.1) is 0 Å². The van der Waals surface area contributed by atoms with E-state index in [0.29, 0.717) is 24.7 Å². The lowest BCUT2D eigenvalue weighted by Crippen LogP contribution is -2.28. The molecule has 1 aromatic heterocycles. The van der Waals surface area contributed by atoms with Gasteiger partial charge in [-0.1, -0.05) is 48.6 Å². The van der Waals surface area contributed by atoms with Crippen LogP contribution in [0.2, 0.25) is 0 Å². The van der Waals surface area contributed by atoms with Crippen molar-refractivity contribution >= 4 is 6.08 Å². The third-order valence-corrected chi connectivity index (χ3v) is 7.14. The zero-order valence-electron chi connectivity index (χ0n) is 23.6. The van der Waals surface area contributed by atoms with Gasteiger partial charge in [0.05, 0.1) is 20.3 Å². The smallest absolute Gasteiger partial charge is 0.162 e. The maximum Gasteiger partial charge on any atom is 0.162 e. The molecule has 4 aromatic rings. The van der Waals surface area contributed by atoms with Gasteiger partial charge in [-0.2, -0.15) is 0 Å². The van der Waals surface area contributed by atoms with E-state index in [1.165, 1.54) is 11.1 Å². The van der Waals surface area contributed by atoms with Crippen LogP contribution in [0.1, 0.15) is 45.1 Å². The van der Waals surface area contributed by atoms with Gasteiger partial charge < -0.3 is 24.3 Å². The van der Waals surface area contributed by atoms with Crippen LogP contribution >= 0.6 is 0 Å². The lowest BCUT2D eigenvalue weighted by molar-refractivity contribution is 0.283. The zero-order valence-corrected chi connectivity index (χ0v) is 23.6. The van der Waals surface area contributed by atoms with Crippen molar-refractivity contribution in [2.24, 2.45) is 0 Å². The first-order chi connectivity index (χ1) is 19.5. The van der Waals surface area contributed by atoms with Gasteiger partial charge in [0.2, 0.25) is 0 Å². The van der Waals surface area contributed by atoms with Crippen molar-refractivity contribution in [2.45, 2.75) is 39.5 Å². The molecular weight excluding hydrogens is 500 g/mol. The Morgan fingerprint density at radius 3 is 2.27 bits per heavy atom. The molecule has 1 atom stereocenters. The summed E-state index contributed by atoms with van der Waals surface area (Å²) >= 11 is 0. The van der Waals surface area contributed by atoms with E-state index in [4.69, 9.17) is 18.9 Å². The third kappa shape index (κ3) is 6.46. The Balaban J connectivity index is 1.35. The van der Waals surface area contributed by atoms with Gasteiger partial charge in [0.1, 0.15) is 13.2 Å². The molecule has 1 aliphatic heterocycles. The van der Waals surface area contributed by atoms with E-state index in [1.54, 1.807) is 14.2 Å². The monoisotopic (exact) mass is 536 g/mol. The SMILES string of the molecule is COc1cc(C)c(/C=C/C2NCCc3cc(OCc4ccccc4)c(OC)cc32)cc1OCc1ccc(C)nc1. The highest BCUT2D eigenvalue weighted by molar-refractivity contribution is 5.61. The van der Waals surface area contributed by atoms with E-state index < -0.39 is 0 Å². The standard InChI is InChI=1S/C34H36N2O4/c1-23-16-31(37-3)33(40-22-26-11-10-24(2)36-20-26)17-27(23)12-13-30-29-19-32(38-4)34(18-28(29)14-15-35-30)39-21-25-8-6-5-7-9-25/h5-13,16-20,30,35H,14-15,21-22H2,1-4H3/b13-12+. The molecule has 5 rings (SSSR count). The van der Waals surface area contributed by atoms with E-state index in [0.717, 1.165) is 52.4 Å². The molecule has 1 unspecified atom stereocenters. The van der Waals surface area contributed by atoms with E-state index in [2.05, 4.69) is 53.6 Å². The van der Waals surface area contributed by atoms with Crippen molar-refractivity contribution < 1.29 is 18.9 Å². The molecular formula is C34H36N2O4. The number of methoxy groups -OCH3 is 2. The van der Waals surface area contributed by atoms with Gasteiger partial charge in [-0.3, -0.25) is 4.98 Å². The van der Waals surface area contributed by atoms with E-state index in [-0.39, 0.29) is 6.04 Å². The number of aryl methyl sites for hydroxylation is 2. The number of rotatable bonds is 10. The minimum Gasteiger partial charge on any atom is -0.493 e. The first-order valence-corrected chi connectivity index (χ1v) is 13.6. The predicted octanol–water partition coefficient (Wildman–Crippen LogP) is 6.77. The van der Waals surface area contributed by atoms with Crippen molar-refractivity contribution in [3.8, 4) is 23.0 Å². The summed E-state index contributed by atoms with van der Waals surface area (Å²) in [5.41, 5.74) is 7.75. The van der Waals surface area contributed by atoms with Crippen LogP contribution in [0.5, 0.6) is 23.0 Å². The fourth-order valence-electron chi connectivity index (χ4n) is 4.85. The largest absolute Gasteiger partial charge is 0.493 e. The van der Waals surface area contributed by atoms with Crippen molar-refractivity contribution in [1.82, 2.24) is 10.3 Å². The Morgan fingerprint density at radius 1 is 0.825 bits per heavy atom. The van der Waals surface area contributed by atoms with Crippen LogP contribution in [0, 0.1) is 13.8 Å². The predicted molar refractivity (Wildman–Crippen MR) is 158 cm³/mol. The second-order valence-corrected chi connectivity index (χ2v) is 9.97. The summed E-state index contributed by atoms with van der Waals surface area (Å²) in [6.45, 7) is 5.85. The summed E-state index contributed by atoms with van der Waals surface area (Å²) in [7, 11) is 3.35. The molecule has 0 radical (unpaired) electrons. The van der Waals surface area contributed by atoms with Gasteiger partial charge in [-0.05, 0) is 78.4 Å². The Kier molecular flexibility index (Phi) is 8.67. The average molecular weight is 537 g/mol. The number of benzene rings is 3. The van der Waals surface area contributed by atoms with Crippen LogP contribution in [0.15, 0.2) is 79.0 Å². The van der Waals surface area contributed by atoms with Crippen LogP contribution in [-0.4, -0.2) is 25.7 Å². The van der Waals surface area contributed by atoms with Crippen LogP contribution < -0.4 is 24.3 Å². The van der Waals surface area contributed by atoms with Gasteiger partial charge in [-0.25, -0.2) is 0 Å². The Hall–Kier alpha value is -4.29. The number of nitrogens with zero attached hydrogens (tertiary/aromatic N) is 1. The number of aromatic nitrogens is 1. The summed E-state index contributed by atoms with van der Waals surface area (Å²) in [6.07, 6.45) is 7.12. The first-order valence-electron chi connectivity index (χ1n) is 13.6. The molecule has 206 valence electrons. The minimum atomic E-state index is 0.0466. The highest BCUT2D eigenvalue weighted by Crippen LogP contribution is 2.37. The molecule has 0 spiro atoms. The number of nitrogens with one attached hydrogen (secondary N) is 1. The number of hydrogen-bond donors (Lipinski definition) is 1. The molecule has 3 aromatic carbocycles. The lowest BCUT2D eigenvalue weighted by Gasteiger charge is -2.26. The summed E-state index contributed by atoms with van der Waals surface area (Å²) in [5, 5.41) is 3.64. The van der Waals surface area contributed by atoms with Crippen molar-refractivity contribution in [3.05, 3.63) is 118 Å². The molecule has 0 amide bonds. The first kappa shape index (κ1) is 27.3. The third-order valence-electron chi connectivity index (χ3n) is 7.14. The van der Waals surface area contributed by atoms with Crippen LogP contribution in [0.25, 0.3) is 6.08 Å². The molecule has 0 fully saturated rings. The molecule has 2 heterocycles. The van der Waals surface area contributed by atoms with Crippen molar-refractivity contribution in [3.63, 3.8) is 0 Å². The topological polar surface area (TPSA) is 61.8 Å². The lowest BCUT2D eigenvalue weighted by atomic mass is 9.92. The average Bonchev–Trinajstić information content (AvgIpc) is 2.99. The van der Waals surface area contributed by atoms with Crippen molar-refractivity contribution in [2.75, 3.05) is 20.8 Å². The molecule has 0 bridgehead atoms. The van der Waals surface area contributed by atoms with E-state index >= 15 is 0 Å². The maximum atomic E-state index is 6.16. The van der Waals surface area contributed by atoms with Crippen LogP contribution in [0.4, 0.5) is 0 Å². The van der Waals surface area contributed by atoms with E-state index in [1.807, 2.05) is 55.6 Å². The van der Waals surface area contributed by atoms with Crippen LogP contribution in [-0.2, 0) is 19.6 Å². The van der Waals surface area contributed by atoms with Gasteiger partial charge >= 0.3 is 0 Å². The molecule has 6 nitrogen and oxygen atoms in total. The Labute approximate surface area is 236 Å². The minimum absolute atomic E-state index is 0.0466. The van der Waals surface area contributed by atoms with Gasteiger partial charge in [0.15, 0.2) is 23.0 Å². The van der Waals surface area contributed by atoms with E-state index in [9.17, 15) is 0 Å². The maximum absolute atomic E-state index is 6.16. The Morgan fingerprint density at radius 2 is 1.55 bits per heavy atom. The number of ether oxygens (including phenoxy) is 4. The normalized spacial score (nSPS) is 14.6. The summed E-state index contributed by atoms with van der Waals surface area (Å²) in [5.74, 6) is 2.92. The fourth-order valence-corrected chi connectivity index (χ4v) is 4.85. The highest BCUT2D eigenvalue weighted by atomic mass is 16.5. The highest BCUT2D eigenvalue weighted by Gasteiger charge is 2.21. The molecule has 6 heteroatoms. The molecule has 1 N–H and O–H groups in total. The number of pyridine rings is 1. The summed E-state index contributed by atoms with van der Waals surface area (Å²) in [6, 6.07) is 22.5. The second-order valence-electron chi connectivity index (χ2n) is 9.97. The van der Waals surface area contributed by atoms with Gasteiger partial charge in [0, 0.05) is 24.0 Å². The number of fused-ring (bicyclic) bond motifs is 1. The molecule has 0 saturated heterocycles. The summed E-state index contributed by atoms with van der Waals surface area (Å²) < 4.78 is 23.7. The molecule has 1 aliphatic rings.